The largest absolute Gasteiger partial charge is 0.399 e. The molecule has 1 atom stereocenters. The minimum absolute atomic E-state index is 0.0288. The van der Waals surface area contributed by atoms with E-state index in [0.717, 1.165) is 30.4 Å². The predicted octanol–water partition coefficient (Wildman–Crippen LogP) is 2.93. The first kappa shape index (κ1) is 24.4. The predicted molar refractivity (Wildman–Crippen MR) is 130 cm³/mol. The molecular formula is C25H31N3O5S. The average molecular weight is 486 g/mol. The fourth-order valence-electron chi connectivity index (χ4n) is 4.69. The van der Waals surface area contributed by atoms with Crippen molar-refractivity contribution >= 4 is 21.6 Å². The maximum absolute atomic E-state index is 13.5. The molecule has 2 N–H and O–H groups in total. The van der Waals surface area contributed by atoms with Gasteiger partial charge in [-0.25, -0.2) is 8.42 Å². The Bertz CT molecular complexity index is 1130. The van der Waals surface area contributed by atoms with E-state index in [1.54, 1.807) is 24.3 Å². The Kier molecular flexibility index (Phi) is 7.35. The van der Waals surface area contributed by atoms with Crippen LogP contribution in [0.4, 0.5) is 0 Å². The number of sulfonamides is 1. The third-order valence-corrected chi connectivity index (χ3v) is 8.45. The van der Waals surface area contributed by atoms with Crippen LogP contribution in [-0.2, 0) is 19.7 Å². The first-order chi connectivity index (χ1) is 16.3. The Morgan fingerprint density at radius 2 is 1.74 bits per heavy atom. The minimum Gasteiger partial charge on any atom is -0.399 e. The summed E-state index contributed by atoms with van der Waals surface area (Å²) < 4.78 is 28.2. The Balaban J connectivity index is 1.54. The van der Waals surface area contributed by atoms with Gasteiger partial charge in [0.1, 0.15) is 13.2 Å². The van der Waals surface area contributed by atoms with Crippen LogP contribution < -0.4 is 5.32 Å². The van der Waals surface area contributed by atoms with Crippen molar-refractivity contribution < 1.29 is 23.2 Å². The maximum atomic E-state index is 13.5. The van der Waals surface area contributed by atoms with Crippen LogP contribution in [0.15, 0.2) is 64.6 Å². The lowest BCUT2D eigenvalue weighted by Crippen LogP contribution is -2.50. The smallest absolute Gasteiger partial charge is 0.244 e. The highest BCUT2D eigenvalue weighted by Crippen LogP contribution is 2.29. The molecule has 0 aromatic heterocycles. The van der Waals surface area contributed by atoms with E-state index in [2.05, 4.69) is 10.5 Å². The van der Waals surface area contributed by atoms with Gasteiger partial charge in [-0.15, -0.1) is 0 Å². The average Bonchev–Trinajstić information content (AvgIpc) is 3.29. The molecule has 1 aliphatic carbocycles. The molecule has 2 aromatic rings. The molecule has 0 bridgehead atoms. The fraction of sp³-hybridized carbons (Fsp3) is 0.440. The van der Waals surface area contributed by atoms with Gasteiger partial charge in [-0.3, -0.25) is 4.79 Å². The standard InChI is InChI=1S/C25H31N3O5S/c1-33-27-21-16-23(24(29)26-18-25(30)14-6-3-7-15-25)28(17-21)34(31,32)22-12-10-20(11-13-22)19-8-4-2-5-9-19/h2,4-5,8-13,23,30H,3,6-7,14-18H2,1H3,(H,26,29)/b27-21-/t23-/m0/s1. The van der Waals surface area contributed by atoms with Crippen molar-refractivity contribution in [3.8, 4) is 11.1 Å². The van der Waals surface area contributed by atoms with Gasteiger partial charge in [-0.1, -0.05) is 66.9 Å². The van der Waals surface area contributed by atoms with Crippen molar-refractivity contribution in [2.45, 2.75) is 55.1 Å². The van der Waals surface area contributed by atoms with Crippen LogP contribution in [0.2, 0.25) is 0 Å². The number of aliphatic hydroxyl groups is 1. The molecule has 4 rings (SSSR count). The van der Waals surface area contributed by atoms with E-state index < -0.39 is 27.6 Å². The van der Waals surface area contributed by atoms with Crippen molar-refractivity contribution in [3.63, 3.8) is 0 Å². The number of benzene rings is 2. The number of hydrogen-bond acceptors (Lipinski definition) is 6. The number of amides is 1. The molecule has 9 heteroatoms. The number of rotatable bonds is 7. The number of nitrogens with zero attached hydrogens (tertiary/aromatic N) is 2. The Morgan fingerprint density at radius 1 is 1.09 bits per heavy atom. The summed E-state index contributed by atoms with van der Waals surface area (Å²) in [5.74, 6) is -0.440. The topological polar surface area (TPSA) is 108 Å². The zero-order valence-electron chi connectivity index (χ0n) is 19.3. The molecule has 1 saturated heterocycles. The molecule has 0 unspecified atom stereocenters. The summed E-state index contributed by atoms with van der Waals surface area (Å²) in [6, 6.07) is 15.4. The van der Waals surface area contributed by atoms with E-state index in [0.29, 0.717) is 18.6 Å². The van der Waals surface area contributed by atoms with Gasteiger partial charge in [0.15, 0.2) is 0 Å². The van der Waals surface area contributed by atoms with Crippen LogP contribution in [0.1, 0.15) is 38.5 Å². The lowest BCUT2D eigenvalue weighted by molar-refractivity contribution is -0.125. The molecule has 2 fully saturated rings. The molecule has 2 aliphatic rings. The highest BCUT2D eigenvalue weighted by atomic mass is 32.2. The molecule has 1 saturated carbocycles. The SMILES string of the molecule is CO/N=C1/C[C@@H](C(=O)NCC2(O)CCCCC2)N(S(=O)(=O)c2ccc(-c3ccccc3)cc2)C1. The summed E-state index contributed by atoms with van der Waals surface area (Å²) >= 11 is 0. The van der Waals surface area contributed by atoms with Gasteiger partial charge in [0, 0.05) is 13.0 Å². The van der Waals surface area contributed by atoms with E-state index in [4.69, 9.17) is 4.84 Å². The molecule has 182 valence electrons. The van der Waals surface area contributed by atoms with Gasteiger partial charge in [-0.2, -0.15) is 4.31 Å². The molecule has 0 radical (unpaired) electrons. The van der Waals surface area contributed by atoms with Crippen molar-refractivity contribution in [2.75, 3.05) is 20.2 Å². The number of oxime groups is 1. The normalized spacial score (nSPS) is 21.9. The Morgan fingerprint density at radius 3 is 2.38 bits per heavy atom. The summed E-state index contributed by atoms with van der Waals surface area (Å²) in [6.45, 7) is 0.0811. The summed E-state index contributed by atoms with van der Waals surface area (Å²) in [5.41, 5.74) is 1.42. The molecule has 1 amide bonds. The van der Waals surface area contributed by atoms with Gasteiger partial charge in [0.2, 0.25) is 15.9 Å². The van der Waals surface area contributed by atoms with E-state index >= 15 is 0 Å². The van der Waals surface area contributed by atoms with Gasteiger partial charge in [0.25, 0.3) is 0 Å². The lowest BCUT2D eigenvalue weighted by atomic mass is 9.85. The zero-order chi connectivity index (χ0) is 24.2. The van der Waals surface area contributed by atoms with Crippen molar-refractivity contribution in [2.24, 2.45) is 5.16 Å². The second-order valence-corrected chi connectivity index (χ2v) is 10.9. The monoisotopic (exact) mass is 485 g/mol. The van der Waals surface area contributed by atoms with Crippen LogP contribution in [0.3, 0.4) is 0 Å². The molecule has 34 heavy (non-hydrogen) atoms. The van der Waals surface area contributed by atoms with E-state index in [1.807, 2.05) is 30.3 Å². The summed E-state index contributed by atoms with van der Waals surface area (Å²) in [5, 5.41) is 17.4. The molecule has 8 nitrogen and oxygen atoms in total. The molecule has 0 spiro atoms. The first-order valence-corrected chi connectivity index (χ1v) is 13.0. The van der Waals surface area contributed by atoms with Crippen molar-refractivity contribution in [3.05, 3.63) is 54.6 Å². The first-order valence-electron chi connectivity index (χ1n) is 11.6. The quantitative estimate of drug-likeness (QED) is 0.586. The van der Waals surface area contributed by atoms with E-state index in [-0.39, 0.29) is 24.4 Å². The Labute approximate surface area is 200 Å². The minimum atomic E-state index is -3.97. The summed E-state index contributed by atoms with van der Waals surface area (Å²) in [7, 11) is -2.58. The maximum Gasteiger partial charge on any atom is 0.244 e. The summed E-state index contributed by atoms with van der Waals surface area (Å²) in [6.07, 6.45) is 4.30. The fourth-order valence-corrected chi connectivity index (χ4v) is 6.27. The number of carbonyl (C=O) groups excluding carboxylic acids is 1. The van der Waals surface area contributed by atoms with Gasteiger partial charge >= 0.3 is 0 Å². The van der Waals surface area contributed by atoms with Crippen LogP contribution >= 0.6 is 0 Å². The van der Waals surface area contributed by atoms with Gasteiger partial charge in [0.05, 0.1) is 22.8 Å². The lowest BCUT2D eigenvalue weighted by Gasteiger charge is -2.33. The molecule has 2 aromatic carbocycles. The number of nitrogens with one attached hydrogen (secondary N) is 1. The van der Waals surface area contributed by atoms with Crippen molar-refractivity contribution in [1.29, 1.82) is 0 Å². The van der Waals surface area contributed by atoms with Gasteiger partial charge in [-0.05, 0) is 36.1 Å². The highest BCUT2D eigenvalue weighted by molar-refractivity contribution is 7.89. The third kappa shape index (κ3) is 5.32. The summed E-state index contributed by atoms with van der Waals surface area (Å²) in [4.78, 5) is 18.0. The van der Waals surface area contributed by atoms with E-state index in [9.17, 15) is 18.3 Å². The highest BCUT2D eigenvalue weighted by Gasteiger charge is 2.43. The second kappa shape index (κ2) is 10.2. The van der Waals surface area contributed by atoms with Crippen LogP contribution in [0, 0.1) is 0 Å². The van der Waals surface area contributed by atoms with Crippen LogP contribution in [0.5, 0.6) is 0 Å². The van der Waals surface area contributed by atoms with Crippen LogP contribution in [0.25, 0.3) is 11.1 Å². The van der Waals surface area contributed by atoms with Gasteiger partial charge < -0.3 is 15.3 Å². The second-order valence-electron chi connectivity index (χ2n) is 9.00. The number of hydrogen-bond donors (Lipinski definition) is 2. The zero-order valence-corrected chi connectivity index (χ0v) is 20.1. The molecule has 1 aliphatic heterocycles. The molecule has 1 heterocycles. The molecular weight excluding hydrogens is 454 g/mol. The Hall–Kier alpha value is -2.75. The number of carbonyl (C=O) groups is 1. The van der Waals surface area contributed by atoms with Crippen molar-refractivity contribution in [1.82, 2.24) is 9.62 Å². The third-order valence-electron chi connectivity index (χ3n) is 6.58. The van der Waals surface area contributed by atoms with Crippen LogP contribution in [-0.4, -0.2) is 61.3 Å². The van der Waals surface area contributed by atoms with E-state index in [1.165, 1.54) is 11.4 Å².